The number of phenolic OH excluding ortho intramolecular Hbond substituents is 2. The van der Waals surface area contributed by atoms with E-state index >= 15 is 0 Å². The number of ether oxygens (including phenoxy) is 1. The molecule has 0 aliphatic heterocycles. The van der Waals surface area contributed by atoms with E-state index in [9.17, 15) is 15.0 Å². The summed E-state index contributed by atoms with van der Waals surface area (Å²) in [6.07, 6.45) is 0.719. The van der Waals surface area contributed by atoms with Gasteiger partial charge < -0.3 is 14.9 Å². The Morgan fingerprint density at radius 2 is 1.90 bits per heavy atom. The van der Waals surface area contributed by atoms with Gasteiger partial charge in [-0.1, -0.05) is 0 Å². The predicted octanol–water partition coefficient (Wildman–Crippen LogP) is 3.21. The van der Waals surface area contributed by atoms with Gasteiger partial charge in [0, 0.05) is 21.8 Å². The molecular formula is C15H14O4S. The summed E-state index contributed by atoms with van der Waals surface area (Å²) < 4.78 is 5.04. The number of aldehydes is 1. The minimum Gasteiger partial charge on any atom is -0.508 e. The maximum Gasteiger partial charge on any atom is 0.161 e. The molecule has 0 fully saturated rings. The van der Waals surface area contributed by atoms with Crippen molar-refractivity contribution in [2.45, 2.75) is 10.6 Å². The molecule has 0 amide bonds. The van der Waals surface area contributed by atoms with Crippen LogP contribution in [-0.2, 0) is 5.75 Å². The van der Waals surface area contributed by atoms with E-state index in [-0.39, 0.29) is 17.2 Å². The Morgan fingerprint density at radius 1 is 1.20 bits per heavy atom. The number of carbonyl (C=O) groups excluding carboxylic acids is 1. The first-order valence-electron chi connectivity index (χ1n) is 5.91. The van der Waals surface area contributed by atoms with Crippen molar-refractivity contribution in [3.8, 4) is 17.2 Å². The van der Waals surface area contributed by atoms with Crippen molar-refractivity contribution >= 4 is 18.0 Å². The van der Waals surface area contributed by atoms with E-state index in [1.807, 2.05) is 0 Å². The van der Waals surface area contributed by atoms with Crippen molar-refractivity contribution in [2.75, 3.05) is 7.11 Å². The number of phenols is 2. The largest absolute Gasteiger partial charge is 0.508 e. The van der Waals surface area contributed by atoms with Crippen LogP contribution in [0.5, 0.6) is 17.2 Å². The standard InChI is InChI=1S/C15H14O4S/c1-19-14-7-10(8-16)6-11(15(14)18)9-20-13-4-2-12(17)3-5-13/h2-8,17-18H,9H2,1H3. The number of hydrogen-bond donors (Lipinski definition) is 2. The molecule has 0 heterocycles. The molecule has 0 aromatic heterocycles. The van der Waals surface area contributed by atoms with Gasteiger partial charge in [-0.05, 0) is 36.4 Å². The lowest BCUT2D eigenvalue weighted by atomic mass is 10.1. The summed E-state index contributed by atoms with van der Waals surface area (Å²) in [5.41, 5.74) is 1.09. The monoisotopic (exact) mass is 290 g/mol. The fraction of sp³-hybridized carbons (Fsp3) is 0.133. The van der Waals surface area contributed by atoms with Crippen LogP contribution >= 0.6 is 11.8 Å². The molecule has 5 heteroatoms. The maximum atomic E-state index is 10.9. The van der Waals surface area contributed by atoms with E-state index < -0.39 is 0 Å². The zero-order chi connectivity index (χ0) is 14.5. The van der Waals surface area contributed by atoms with Crippen molar-refractivity contribution in [3.63, 3.8) is 0 Å². The molecule has 0 unspecified atom stereocenters. The normalized spacial score (nSPS) is 10.2. The number of rotatable bonds is 5. The molecule has 0 bridgehead atoms. The second-order valence-electron chi connectivity index (χ2n) is 4.13. The van der Waals surface area contributed by atoms with E-state index in [4.69, 9.17) is 4.74 Å². The minimum atomic E-state index is 0.0457. The van der Waals surface area contributed by atoms with Gasteiger partial charge in [-0.25, -0.2) is 0 Å². The Bertz CT molecular complexity index is 608. The predicted molar refractivity (Wildman–Crippen MR) is 77.7 cm³/mol. The average Bonchev–Trinajstić information content (AvgIpc) is 2.48. The first-order chi connectivity index (χ1) is 9.63. The lowest BCUT2D eigenvalue weighted by molar-refractivity contribution is 0.112. The summed E-state index contributed by atoms with van der Waals surface area (Å²) in [6.45, 7) is 0. The molecule has 20 heavy (non-hydrogen) atoms. The van der Waals surface area contributed by atoms with Gasteiger partial charge in [0.15, 0.2) is 11.5 Å². The summed E-state index contributed by atoms with van der Waals surface area (Å²) in [7, 11) is 1.44. The second-order valence-corrected chi connectivity index (χ2v) is 5.18. The van der Waals surface area contributed by atoms with Gasteiger partial charge in [-0.3, -0.25) is 4.79 Å². The highest BCUT2D eigenvalue weighted by molar-refractivity contribution is 7.98. The summed E-state index contributed by atoms with van der Waals surface area (Å²) in [5.74, 6) is 1.04. The van der Waals surface area contributed by atoms with Crippen molar-refractivity contribution in [3.05, 3.63) is 47.5 Å². The molecule has 0 saturated carbocycles. The first kappa shape index (κ1) is 14.3. The third-order valence-corrected chi connectivity index (χ3v) is 3.82. The zero-order valence-corrected chi connectivity index (χ0v) is 11.7. The number of benzene rings is 2. The quantitative estimate of drug-likeness (QED) is 0.654. The molecule has 104 valence electrons. The van der Waals surface area contributed by atoms with E-state index in [0.717, 1.165) is 11.2 Å². The third-order valence-electron chi connectivity index (χ3n) is 2.76. The number of hydrogen-bond acceptors (Lipinski definition) is 5. The van der Waals surface area contributed by atoms with Crippen molar-refractivity contribution < 1.29 is 19.7 Å². The highest BCUT2D eigenvalue weighted by Crippen LogP contribution is 2.35. The van der Waals surface area contributed by atoms with Gasteiger partial charge in [0.2, 0.25) is 0 Å². The third kappa shape index (κ3) is 3.24. The molecular weight excluding hydrogens is 276 g/mol. The fourth-order valence-electron chi connectivity index (χ4n) is 1.73. The van der Waals surface area contributed by atoms with Crippen molar-refractivity contribution in [1.82, 2.24) is 0 Å². The van der Waals surface area contributed by atoms with Crippen molar-refractivity contribution in [1.29, 1.82) is 0 Å². The Labute approximate surface area is 121 Å². The lowest BCUT2D eigenvalue weighted by Crippen LogP contribution is -1.92. The number of carbonyl (C=O) groups is 1. The Kier molecular flexibility index (Phi) is 4.53. The SMILES string of the molecule is COc1cc(C=O)cc(CSc2ccc(O)cc2)c1O. The zero-order valence-electron chi connectivity index (χ0n) is 10.9. The molecule has 0 aliphatic carbocycles. The van der Waals surface area contributed by atoms with Crippen LogP contribution < -0.4 is 4.74 Å². The molecule has 0 radical (unpaired) electrons. The highest BCUT2D eigenvalue weighted by Gasteiger charge is 2.11. The van der Waals surface area contributed by atoms with Crippen LogP contribution in [0.2, 0.25) is 0 Å². The van der Waals surface area contributed by atoms with Crippen LogP contribution in [0, 0.1) is 0 Å². The molecule has 0 spiro atoms. The molecule has 2 aromatic rings. The van der Waals surface area contributed by atoms with Crippen LogP contribution in [0.3, 0.4) is 0 Å². The van der Waals surface area contributed by atoms with E-state index in [1.54, 1.807) is 30.3 Å². The van der Waals surface area contributed by atoms with Gasteiger partial charge in [0.1, 0.15) is 12.0 Å². The topological polar surface area (TPSA) is 66.8 Å². The van der Waals surface area contributed by atoms with E-state index in [1.165, 1.54) is 24.9 Å². The van der Waals surface area contributed by atoms with E-state index in [0.29, 0.717) is 16.9 Å². The first-order valence-corrected chi connectivity index (χ1v) is 6.89. The number of aromatic hydroxyl groups is 2. The molecule has 0 saturated heterocycles. The van der Waals surface area contributed by atoms with Gasteiger partial charge in [0.25, 0.3) is 0 Å². The Balaban J connectivity index is 2.20. The summed E-state index contributed by atoms with van der Waals surface area (Å²) >= 11 is 1.49. The number of methoxy groups -OCH3 is 1. The van der Waals surface area contributed by atoms with Gasteiger partial charge in [-0.15, -0.1) is 11.8 Å². The molecule has 0 atom stereocenters. The van der Waals surface area contributed by atoms with Crippen LogP contribution in [0.1, 0.15) is 15.9 Å². The summed E-state index contributed by atoms with van der Waals surface area (Å²) in [4.78, 5) is 11.8. The van der Waals surface area contributed by atoms with Crippen LogP contribution in [-0.4, -0.2) is 23.6 Å². The van der Waals surface area contributed by atoms with Crippen molar-refractivity contribution in [2.24, 2.45) is 0 Å². The Morgan fingerprint density at radius 3 is 2.50 bits per heavy atom. The minimum absolute atomic E-state index is 0.0457. The highest BCUT2D eigenvalue weighted by atomic mass is 32.2. The molecule has 0 aliphatic rings. The van der Waals surface area contributed by atoms with Crippen LogP contribution in [0.25, 0.3) is 0 Å². The lowest BCUT2D eigenvalue weighted by Gasteiger charge is -2.10. The van der Waals surface area contributed by atoms with Crippen LogP contribution in [0.4, 0.5) is 0 Å². The Hall–Kier alpha value is -2.14. The molecule has 2 aromatic carbocycles. The number of thioether (sulfide) groups is 1. The van der Waals surface area contributed by atoms with E-state index in [2.05, 4.69) is 0 Å². The van der Waals surface area contributed by atoms with Gasteiger partial charge in [-0.2, -0.15) is 0 Å². The van der Waals surface area contributed by atoms with Crippen LogP contribution in [0.15, 0.2) is 41.3 Å². The smallest absolute Gasteiger partial charge is 0.161 e. The summed E-state index contributed by atoms with van der Waals surface area (Å²) in [5, 5.41) is 19.3. The summed E-state index contributed by atoms with van der Waals surface area (Å²) in [6, 6.07) is 9.92. The molecule has 2 N–H and O–H groups in total. The van der Waals surface area contributed by atoms with Gasteiger partial charge in [0.05, 0.1) is 7.11 Å². The second kappa shape index (κ2) is 6.34. The molecule has 4 nitrogen and oxygen atoms in total. The maximum absolute atomic E-state index is 10.9. The fourth-order valence-corrected chi connectivity index (χ4v) is 2.60. The molecule has 2 rings (SSSR count). The average molecular weight is 290 g/mol. The van der Waals surface area contributed by atoms with Gasteiger partial charge >= 0.3 is 0 Å².